The molecule has 4 nitrogen and oxygen atoms in total. The van der Waals surface area contributed by atoms with Crippen LogP contribution >= 0.6 is 0 Å². The summed E-state index contributed by atoms with van der Waals surface area (Å²) in [6.45, 7) is 1.73. The Balaban J connectivity index is 2.87. The summed E-state index contributed by atoms with van der Waals surface area (Å²) in [5, 5.41) is 2.46. The van der Waals surface area contributed by atoms with Gasteiger partial charge in [0.2, 0.25) is 11.8 Å². The summed E-state index contributed by atoms with van der Waals surface area (Å²) in [4.78, 5) is 21.0. The lowest BCUT2D eigenvalue weighted by atomic mass is 10.2. The molecule has 1 aliphatic rings. The number of allylic oxidation sites excluding steroid dienone is 1. The third-order valence-electron chi connectivity index (χ3n) is 1.32. The second kappa shape index (κ2) is 2.57. The van der Waals surface area contributed by atoms with Gasteiger partial charge in [0.05, 0.1) is 0 Å². The van der Waals surface area contributed by atoms with E-state index in [2.05, 4.69) is 5.32 Å². The first-order chi connectivity index (χ1) is 5.09. The Hall–Kier alpha value is -1.58. The molecule has 0 bridgehead atoms. The van der Waals surface area contributed by atoms with Crippen molar-refractivity contribution in [1.82, 2.24) is 5.32 Å². The van der Waals surface area contributed by atoms with Crippen LogP contribution in [-0.2, 0) is 9.59 Å². The number of hydrogen-bond acceptors (Lipinski definition) is 2. The minimum Gasteiger partial charge on any atom is -0.366 e. The normalized spacial score (nSPS) is 19.9. The van der Waals surface area contributed by atoms with Crippen LogP contribution in [-0.4, -0.2) is 11.8 Å². The Morgan fingerprint density at radius 1 is 1.73 bits per heavy atom. The maximum Gasteiger partial charge on any atom is 0.248 e. The first-order valence-electron chi connectivity index (χ1n) is 3.10. The Morgan fingerprint density at radius 2 is 2.36 bits per heavy atom. The molecule has 2 amide bonds. The lowest BCUT2D eigenvalue weighted by Gasteiger charge is -1.96. The molecule has 0 radical (unpaired) electrons. The standard InChI is InChI=1S/C7H8N2O2/c1-4-2-7(11)9-5(4)3-6(8)10/h2-3H,1H3,(H2,8,10)(H,9,11)/b5-3+. The highest BCUT2D eigenvalue weighted by Gasteiger charge is 2.13. The van der Waals surface area contributed by atoms with E-state index in [0.29, 0.717) is 5.70 Å². The molecule has 1 aliphatic heterocycles. The summed E-state index contributed by atoms with van der Waals surface area (Å²) >= 11 is 0. The van der Waals surface area contributed by atoms with Crippen molar-refractivity contribution in [2.45, 2.75) is 6.92 Å². The molecule has 0 unspecified atom stereocenters. The van der Waals surface area contributed by atoms with E-state index < -0.39 is 5.91 Å². The summed E-state index contributed by atoms with van der Waals surface area (Å²) in [5.41, 5.74) is 6.10. The summed E-state index contributed by atoms with van der Waals surface area (Å²) in [6.07, 6.45) is 2.60. The van der Waals surface area contributed by atoms with E-state index in [1.807, 2.05) is 0 Å². The van der Waals surface area contributed by atoms with Gasteiger partial charge in [-0.05, 0) is 12.5 Å². The van der Waals surface area contributed by atoms with Crippen LogP contribution in [0.15, 0.2) is 23.4 Å². The van der Waals surface area contributed by atoms with Gasteiger partial charge in [-0.3, -0.25) is 9.59 Å². The van der Waals surface area contributed by atoms with E-state index in [9.17, 15) is 9.59 Å². The van der Waals surface area contributed by atoms with Gasteiger partial charge in [-0.25, -0.2) is 0 Å². The van der Waals surface area contributed by atoms with Crippen LogP contribution in [0, 0.1) is 0 Å². The van der Waals surface area contributed by atoms with E-state index in [1.54, 1.807) is 6.92 Å². The number of amides is 2. The number of nitrogens with two attached hydrogens (primary N) is 1. The van der Waals surface area contributed by atoms with Crippen molar-refractivity contribution in [3.63, 3.8) is 0 Å². The Morgan fingerprint density at radius 3 is 2.73 bits per heavy atom. The average molecular weight is 152 g/mol. The molecule has 0 aromatic heterocycles. The van der Waals surface area contributed by atoms with E-state index in [4.69, 9.17) is 5.73 Å². The molecule has 0 atom stereocenters. The Bertz CT molecular complexity index is 276. The fourth-order valence-electron chi connectivity index (χ4n) is 0.834. The smallest absolute Gasteiger partial charge is 0.248 e. The number of hydrogen-bond donors (Lipinski definition) is 2. The highest BCUT2D eigenvalue weighted by Crippen LogP contribution is 2.10. The molecule has 0 spiro atoms. The van der Waals surface area contributed by atoms with Crippen molar-refractivity contribution >= 4 is 11.8 Å². The maximum absolute atomic E-state index is 10.7. The van der Waals surface area contributed by atoms with Crippen molar-refractivity contribution in [2.24, 2.45) is 5.73 Å². The van der Waals surface area contributed by atoms with Crippen molar-refractivity contribution in [3.05, 3.63) is 23.4 Å². The molecule has 58 valence electrons. The SMILES string of the molecule is CC1=CC(=O)N/C1=C/C(N)=O. The molecule has 0 aliphatic carbocycles. The highest BCUT2D eigenvalue weighted by molar-refractivity contribution is 5.97. The van der Waals surface area contributed by atoms with Crippen molar-refractivity contribution in [1.29, 1.82) is 0 Å². The Labute approximate surface area is 63.8 Å². The van der Waals surface area contributed by atoms with E-state index in [0.717, 1.165) is 5.57 Å². The highest BCUT2D eigenvalue weighted by atomic mass is 16.2. The molecule has 0 saturated heterocycles. The fraction of sp³-hybridized carbons (Fsp3) is 0.143. The average Bonchev–Trinajstić information content (AvgIpc) is 2.09. The third-order valence-corrected chi connectivity index (χ3v) is 1.32. The topological polar surface area (TPSA) is 72.2 Å². The van der Waals surface area contributed by atoms with Crippen LogP contribution in [0.3, 0.4) is 0 Å². The minimum atomic E-state index is -0.560. The summed E-state index contributed by atoms with van der Waals surface area (Å²) in [6, 6.07) is 0. The number of carbonyl (C=O) groups excluding carboxylic acids is 2. The molecular formula is C7H8N2O2. The molecule has 0 aromatic carbocycles. The molecule has 1 heterocycles. The van der Waals surface area contributed by atoms with Crippen LogP contribution in [0.4, 0.5) is 0 Å². The Kier molecular flexibility index (Phi) is 1.76. The number of carbonyl (C=O) groups is 2. The van der Waals surface area contributed by atoms with Gasteiger partial charge in [-0.15, -0.1) is 0 Å². The summed E-state index contributed by atoms with van der Waals surface area (Å²) in [7, 11) is 0. The predicted molar refractivity (Wildman–Crippen MR) is 39.2 cm³/mol. The van der Waals surface area contributed by atoms with Crippen molar-refractivity contribution in [2.75, 3.05) is 0 Å². The summed E-state index contributed by atoms with van der Waals surface area (Å²) < 4.78 is 0. The van der Waals surface area contributed by atoms with Gasteiger partial charge in [0.25, 0.3) is 0 Å². The van der Waals surface area contributed by atoms with Gasteiger partial charge in [0.1, 0.15) is 0 Å². The third kappa shape index (κ3) is 1.67. The van der Waals surface area contributed by atoms with Gasteiger partial charge < -0.3 is 11.1 Å². The zero-order chi connectivity index (χ0) is 8.43. The van der Waals surface area contributed by atoms with Gasteiger partial charge in [0.15, 0.2) is 0 Å². The van der Waals surface area contributed by atoms with E-state index in [-0.39, 0.29) is 5.91 Å². The minimum absolute atomic E-state index is 0.213. The molecule has 1 rings (SSSR count). The number of primary amides is 1. The lowest BCUT2D eigenvalue weighted by Crippen LogP contribution is -2.16. The molecule has 3 N–H and O–H groups in total. The molecule has 0 fully saturated rings. The lowest BCUT2D eigenvalue weighted by molar-refractivity contribution is -0.115. The monoisotopic (exact) mass is 152 g/mol. The van der Waals surface area contributed by atoms with E-state index in [1.165, 1.54) is 12.2 Å². The van der Waals surface area contributed by atoms with Gasteiger partial charge in [0, 0.05) is 17.8 Å². The quantitative estimate of drug-likeness (QED) is 0.494. The zero-order valence-corrected chi connectivity index (χ0v) is 6.05. The predicted octanol–water partition coefficient (Wildman–Crippen LogP) is -0.568. The van der Waals surface area contributed by atoms with Crippen molar-refractivity contribution < 1.29 is 9.59 Å². The second-order valence-corrected chi connectivity index (χ2v) is 2.28. The van der Waals surface area contributed by atoms with Crippen LogP contribution < -0.4 is 11.1 Å². The molecule has 0 saturated carbocycles. The van der Waals surface area contributed by atoms with E-state index >= 15 is 0 Å². The zero-order valence-electron chi connectivity index (χ0n) is 6.05. The van der Waals surface area contributed by atoms with Crippen LogP contribution in [0.25, 0.3) is 0 Å². The largest absolute Gasteiger partial charge is 0.366 e. The fourth-order valence-corrected chi connectivity index (χ4v) is 0.834. The first kappa shape index (κ1) is 7.53. The number of rotatable bonds is 1. The molecular weight excluding hydrogens is 144 g/mol. The second-order valence-electron chi connectivity index (χ2n) is 2.28. The van der Waals surface area contributed by atoms with Crippen molar-refractivity contribution in [3.8, 4) is 0 Å². The van der Waals surface area contributed by atoms with Gasteiger partial charge in [-0.2, -0.15) is 0 Å². The summed E-state index contributed by atoms with van der Waals surface area (Å²) in [5.74, 6) is -0.773. The molecule has 11 heavy (non-hydrogen) atoms. The maximum atomic E-state index is 10.7. The molecule has 4 heteroatoms. The van der Waals surface area contributed by atoms with Gasteiger partial charge in [-0.1, -0.05) is 0 Å². The first-order valence-corrected chi connectivity index (χ1v) is 3.10. The van der Waals surface area contributed by atoms with Crippen LogP contribution in [0.5, 0.6) is 0 Å². The molecule has 0 aromatic rings. The van der Waals surface area contributed by atoms with Gasteiger partial charge >= 0.3 is 0 Å². The van der Waals surface area contributed by atoms with Crippen LogP contribution in [0.2, 0.25) is 0 Å². The van der Waals surface area contributed by atoms with Crippen LogP contribution in [0.1, 0.15) is 6.92 Å². The number of nitrogens with one attached hydrogen (secondary N) is 1.